The van der Waals surface area contributed by atoms with Crippen LogP contribution in [0, 0.1) is 11.8 Å². The van der Waals surface area contributed by atoms with Gasteiger partial charge in [-0.25, -0.2) is 0 Å². The van der Waals surface area contributed by atoms with Crippen LogP contribution in [0.5, 0.6) is 0 Å². The number of carboxylic acid groups (broad SMARTS) is 1. The Balaban J connectivity index is 1.55. The molecular formula is C16H17N3O3. The van der Waals surface area contributed by atoms with Gasteiger partial charge in [-0.2, -0.15) is 5.10 Å². The van der Waals surface area contributed by atoms with Crippen LogP contribution in [-0.2, 0) is 22.7 Å². The number of hydrogen-bond acceptors (Lipinski definition) is 3. The second-order valence-electron chi connectivity index (χ2n) is 5.53. The molecule has 114 valence electrons. The van der Waals surface area contributed by atoms with Gasteiger partial charge in [0.25, 0.3) is 0 Å². The van der Waals surface area contributed by atoms with Gasteiger partial charge in [-0.15, -0.1) is 0 Å². The van der Waals surface area contributed by atoms with Crippen LogP contribution >= 0.6 is 0 Å². The van der Waals surface area contributed by atoms with Crippen molar-refractivity contribution in [3.05, 3.63) is 53.9 Å². The summed E-state index contributed by atoms with van der Waals surface area (Å²) in [4.78, 5) is 22.6. The molecule has 6 nitrogen and oxygen atoms in total. The number of benzene rings is 1. The maximum Gasteiger partial charge on any atom is 0.307 e. The van der Waals surface area contributed by atoms with E-state index in [0.29, 0.717) is 19.5 Å². The molecular weight excluding hydrogens is 282 g/mol. The number of carbonyl (C=O) groups is 2. The molecule has 0 radical (unpaired) electrons. The van der Waals surface area contributed by atoms with Gasteiger partial charge in [0.05, 0.1) is 18.4 Å². The highest BCUT2D eigenvalue weighted by Gasteiger charge is 2.48. The number of carbonyl (C=O) groups excluding carboxylic acids is 1. The first-order valence-corrected chi connectivity index (χ1v) is 7.19. The van der Waals surface area contributed by atoms with Gasteiger partial charge in [-0.3, -0.25) is 14.3 Å². The average molecular weight is 299 g/mol. The summed E-state index contributed by atoms with van der Waals surface area (Å²) in [5, 5.41) is 15.8. The molecule has 1 saturated carbocycles. The quantitative estimate of drug-likeness (QED) is 0.841. The molecule has 0 unspecified atom stereocenters. The second kappa shape index (κ2) is 6.01. The van der Waals surface area contributed by atoms with Crippen molar-refractivity contribution in [3.8, 4) is 0 Å². The van der Waals surface area contributed by atoms with Crippen molar-refractivity contribution in [2.75, 3.05) is 0 Å². The Hall–Kier alpha value is -2.63. The number of nitrogens with one attached hydrogen (secondary N) is 1. The highest BCUT2D eigenvalue weighted by atomic mass is 16.4. The predicted octanol–water partition coefficient (Wildman–Crippen LogP) is 1.27. The van der Waals surface area contributed by atoms with Crippen LogP contribution in [0.25, 0.3) is 0 Å². The lowest BCUT2D eigenvalue weighted by Gasteiger charge is -2.07. The summed E-state index contributed by atoms with van der Waals surface area (Å²) in [6.45, 7) is 1.09. The number of rotatable bonds is 6. The molecule has 0 spiro atoms. The summed E-state index contributed by atoms with van der Waals surface area (Å²) >= 11 is 0. The zero-order chi connectivity index (χ0) is 15.5. The van der Waals surface area contributed by atoms with E-state index in [0.717, 1.165) is 11.1 Å². The van der Waals surface area contributed by atoms with Gasteiger partial charge in [-0.05, 0) is 23.6 Å². The first-order chi connectivity index (χ1) is 10.6. The molecule has 1 aliphatic rings. The van der Waals surface area contributed by atoms with E-state index in [-0.39, 0.29) is 11.8 Å². The first-order valence-electron chi connectivity index (χ1n) is 7.19. The minimum absolute atomic E-state index is 0.176. The largest absolute Gasteiger partial charge is 0.481 e. The Morgan fingerprint density at radius 3 is 2.77 bits per heavy atom. The lowest BCUT2D eigenvalue weighted by Crippen LogP contribution is -2.26. The summed E-state index contributed by atoms with van der Waals surface area (Å²) < 4.78 is 1.83. The topological polar surface area (TPSA) is 84.2 Å². The number of aliphatic carboxylic acids is 1. The zero-order valence-electron chi connectivity index (χ0n) is 12.0. The standard InChI is InChI=1S/C16H17N3O3/c20-15(13-8-14(13)16(21)22)17-9-11-3-1-4-12(7-11)10-19-6-2-5-18-19/h1-7,13-14H,8-10H2,(H,17,20)(H,21,22)/t13-,14+/m1/s1. The summed E-state index contributed by atoms with van der Waals surface area (Å²) in [6, 6.07) is 9.78. The molecule has 1 fully saturated rings. The van der Waals surface area contributed by atoms with E-state index in [9.17, 15) is 9.59 Å². The lowest BCUT2D eigenvalue weighted by atomic mass is 10.1. The number of aromatic nitrogens is 2. The van der Waals surface area contributed by atoms with Crippen molar-refractivity contribution in [3.63, 3.8) is 0 Å². The van der Waals surface area contributed by atoms with Crippen molar-refractivity contribution >= 4 is 11.9 Å². The van der Waals surface area contributed by atoms with Gasteiger partial charge < -0.3 is 10.4 Å². The Labute approximate surface area is 127 Å². The highest BCUT2D eigenvalue weighted by molar-refractivity contribution is 5.89. The normalized spacial score (nSPS) is 19.6. The number of carboxylic acids is 1. The van der Waals surface area contributed by atoms with Gasteiger partial charge in [0.1, 0.15) is 0 Å². The average Bonchev–Trinajstić information content (AvgIpc) is 3.17. The Kier molecular flexibility index (Phi) is 3.91. The second-order valence-corrected chi connectivity index (χ2v) is 5.53. The molecule has 0 saturated heterocycles. The first kappa shape index (κ1) is 14.3. The molecule has 2 aromatic rings. The number of nitrogens with zero attached hydrogens (tertiary/aromatic N) is 2. The SMILES string of the molecule is O=C(O)[C@H]1C[C@H]1C(=O)NCc1cccc(Cn2cccn2)c1. The Bertz CT molecular complexity index is 682. The van der Waals surface area contributed by atoms with E-state index < -0.39 is 11.9 Å². The van der Waals surface area contributed by atoms with E-state index >= 15 is 0 Å². The molecule has 6 heteroatoms. The van der Waals surface area contributed by atoms with Gasteiger partial charge in [-0.1, -0.05) is 24.3 Å². The van der Waals surface area contributed by atoms with E-state index in [1.165, 1.54) is 0 Å². The molecule has 0 bridgehead atoms. The Morgan fingerprint density at radius 1 is 1.27 bits per heavy atom. The minimum Gasteiger partial charge on any atom is -0.481 e. The van der Waals surface area contributed by atoms with Crippen molar-refractivity contribution in [1.29, 1.82) is 0 Å². The molecule has 1 aliphatic carbocycles. The van der Waals surface area contributed by atoms with E-state index in [1.54, 1.807) is 6.20 Å². The van der Waals surface area contributed by atoms with Crippen LogP contribution in [-0.4, -0.2) is 26.8 Å². The number of amides is 1. The van der Waals surface area contributed by atoms with E-state index in [4.69, 9.17) is 5.11 Å². The molecule has 3 rings (SSSR count). The third-order valence-corrected chi connectivity index (χ3v) is 3.81. The summed E-state index contributed by atoms with van der Waals surface area (Å²) in [5.74, 6) is -1.94. The third kappa shape index (κ3) is 3.33. The molecule has 1 amide bonds. The zero-order valence-corrected chi connectivity index (χ0v) is 12.0. The van der Waals surface area contributed by atoms with Crippen LogP contribution in [0.15, 0.2) is 42.7 Å². The highest BCUT2D eigenvalue weighted by Crippen LogP contribution is 2.38. The molecule has 1 aromatic carbocycles. The van der Waals surface area contributed by atoms with Crippen molar-refractivity contribution in [2.24, 2.45) is 11.8 Å². The third-order valence-electron chi connectivity index (χ3n) is 3.81. The number of hydrogen-bond donors (Lipinski definition) is 2. The van der Waals surface area contributed by atoms with Crippen LogP contribution in [0.1, 0.15) is 17.5 Å². The van der Waals surface area contributed by atoms with E-state index in [1.807, 2.05) is 41.2 Å². The van der Waals surface area contributed by atoms with Crippen LogP contribution in [0.4, 0.5) is 0 Å². The molecule has 2 atom stereocenters. The maximum atomic E-state index is 11.8. The summed E-state index contributed by atoms with van der Waals surface area (Å²) in [7, 11) is 0. The van der Waals surface area contributed by atoms with Crippen molar-refractivity contribution in [1.82, 2.24) is 15.1 Å². The summed E-state index contributed by atoms with van der Waals surface area (Å²) in [6.07, 6.45) is 4.08. The lowest BCUT2D eigenvalue weighted by molar-refractivity contribution is -0.140. The monoisotopic (exact) mass is 299 g/mol. The Morgan fingerprint density at radius 2 is 2.09 bits per heavy atom. The molecule has 1 aromatic heterocycles. The van der Waals surface area contributed by atoms with Gasteiger partial charge in [0, 0.05) is 18.9 Å². The van der Waals surface area contributed by atoms with E-state index in [2.05, 4.69) is 10.4 Å². The molecule has 22 heavy (non-hydrogen) atoms. The van der Waals surface area contributed by atoms with Crippen LogP contribution in [0.2, 0.25) is 0 Å². The molecule has 0 aliphatic heterocycles. The maximum absolute atomic E-state index is 11.8. The fourth-order valence-corrected chi connectivity index (χ4v) is 2.50. The molecule has 1 heterocycles. The van der Waals surface area contributed by atoms with Gasteiger partial charge in [0.15, 0.2) is 0 Å². The van der Waals surface area contributed by atoms with Crippen LogP contribution in [0.3, 0.4) is 0 Å². The minimum atomic E-state index is -0.888. The smallest absolute Gasteiger partial charge is 0.307 e. The van der Waals surface area contributed by atoms with Crippen molar-refractivity contribution in [2.45, 2.75) is 19.5 Å². The van der Waals surface area contributed by atoms with Gasteiger partial charge in [0.2, 0.25) is 5.91 Å². The molecule has 2 N–H and O–H groups in total. The summed E-state index contributed by atoms with van der Waals surface area (Å²) in [5.41, 5.74) is 2.09. The van der Waals surface area contributed by atoms with Crippen molar-refractivity contribution < 1.29 is 14.7 Å². The fraction of sp³-hybridized carbons (Fsp3) is 0.312. The van der Waals surface area contributed by atoms with Gasteiger partial charge >= 0.3 is 5.97 Å². The fourth-order valence-electron chi connectivity index (χ4n) is 2.50. The van der Waals surface area contributed by atoms with Crippen LogP contribution < -0.4 is 5.32 Å². The predicted molar refractivity (Wildman–Crippen MR) is 78.9 cm³/mol.